The first kappa shape index (κ1) is 34.5. The Labute approximate surface area is 267 Å². The highest BCUT2D eigenvalue weighted by Crippen LogP contribution is 2.24. The van der Waals surface area contributed by atoms with E-state index in [0.29, 0.717) is 40.9 Å². The topological polar surface area (TPSA) is 215 Å². The van der Waals surface area contributed by atoms with Crippen molar-refractivity contribution >= 4 is 60.6 Å². The Hall–Kier alpha value is -4.39. The highest BCUT2D eigenvalue weighted by Gasteiger charge is 2.22. The number of sulfonamides is 1. The number of alkyl carbamates (subject to hydrolysis) is 1. The number of amides is 2. The predicted octanol–water partition coefficient (Wildman–Crippen LogP) is 1.66. The van der Waals surface area contributed by atoms with Crippen LogP contribution in [0.2, 0.25) is 0 Å². The minimum absolute atomic E-state index is 0.151. The Balaban J connectivity index is 1.31. The number of carboxylic acid groups (broad SMARTS) is 1. The van der Waals surface area contributed by atoms with E-state index in [1.54, 1.807) is 51.1 Å². The summed E-state index contributed by atoms with van der Waals surface area (Å²) in [7, 11) is -4.01. The van der Waals surface area contributed by atoms with E-state index in [-0.39, 0.29) is 29.7 Å². The molecule has 0 aliphatic heterocycles. The van der Waals surface area contributed by atoms with Crippen molar-refractivity contribution in [1.29, 1.82) is 0 Å². The number of benzene rings is 1. The summed E-state index contributed by atoms with van der Waals surface area (Å²) in [5.41, 5.74) is 0.108. The molecule has 46 heavy (non-hydrogen) atoms. The number of carbonyl (C=O) groups excluding carboxylic acids is 2. The highest BCUT2D eigenvalue weighted by molar-refractivity contribution is 7.91. The quantitative estimate of drug-likeness (QED) is 0.133. The molecule has 1 aromatic carbocycles. The number of aromatic amines is 1. The van der Waals surface area contributed by atoms with Gasteiger partial charge < -0.3 is 29.8 Å². The first-order valence-electron chi connectivity index (χ1n) is 14.2. The van der Waals surface area contributed by atoms with E-state index in [1.807, 2.05) is 0 Å². The zero-order valence-electron chi connectivity index (χ0n) is 25.4. The van der Waals surface area contributed by atoms with Gasteiger partial charge in [-0.1, -0.05) is 12.1 Å². The van der Waals surface area contributed by atoms with Gasteiger partial charge in [-0.2, -0.15) is 4.98 Å². The lowest BCUT2D eigenvalue weighted by Gasteiger charge is -2.21. The largest absolute Gasteiger partial charge is 0.480 e. The van der Waals surface area contributed by atoms with Crippen molar-refractivity contribution in [2.75, 3.05) is 32.8 Å². The van der Waals surface area contributed by atoms with Gasteiger partial charge in [-0.25, -0.2) is 27.7 Å². The number of thiazole rings is 1. The van der Waals surface area contributed by atoms with E-state index in [4.69, 9.17) is 9.47 Å². The average Bonchev–Trinajstić information content (AvgIpc) is 3.57. The van der Waals surface area contributed by atoms with E-state index in [2.05, 4.69) is 25.0 Å². The summed E-state index contributed by atoms with van der Waals surface area (Å²) in [5.74, 6) is -2.02. The first-order chi connectivity index (χ1) is 21.7. The molecule has 0 radical (unpaired) electrons. The molecular formula is C28H35N7O9S2. The second-order valence-corrected chi connectivity index (χ2v) is 14.1. The second kappa shape index (κ2) is 14.8. The second-order valence-electron chi connectivity index (χ2n) is 11.1. The number of carbonyl (C=O) groups is 3. The summed E-state index contributed by atoms with van der Waals surface area (Å²) in [6.45, 7) is 4.45. The molecule has 0 aliphatic carbocycles. The van der Waals surface area contributed by atoms with Crippen molar-refractivity contribution in [2.45, 2.75) is 50.3 Å². The van der Waals surface area contributed by atoms with Gasteiger partial charge in [0.2, 0.25) is 10.2 Å². The number of H-pyrrole nitrogens is 1. The number of nitrogens with one attached hydrogen (secondary N) is 3. The number of rotatable bonds is 15. The van der Waals surface area contributed by atoms with Crippen molar-refractivity contribution in [3.05, 3.63) is 52.7 Å². The van der Waals surface area contributed by atoms with Crippen LogP contribution in [0.3, 0.4) is 0 Å². The van der Waals surface area contributed by atoms with Gasteiger partial charge in [-0.05, 0) is 45.4 Å². The monoisotopic (exact) mass is 677 g/mol. The Bertz CT molecular complexity index is 1840. The molecule has 3 aromatic heterocycles. The maximum absolute atomic E-state index is 13.0. The number of hydrogen-bond donors (Lipinski definition) is 4. The molecule has 0 saturated carbocycles. The molecular weight excluding hydrogens is 642 g/mol. The third-order valence-corrected chi connectivity index (χ3v) is 9.06. The summed E-state index contributed by atoms with van der Waals surface area (Å²) >= 11 is 0.986. The fraction of sp³-hybridized carbons (Fsp3) is 0.429. The van der Waals surface area contributed by atoms with E-state index >= 15 is 0 Å². The van der Waals surface area contributed by atoms with Crippen molar-refractivity contribution < 1.29 is 37.4 Å². The smallest absolute Gasteiger partial charge is 0.407 e. The van der Waals surface area contributed by atoms with Gasteiger partial charge in [-0.15, -0.1) is 11.3 Å². The molecule has 0 bridgehead atoms. The zero-order valence-corrected chi connectivity index (χ0v) is 27.1. The minimum atomic E-state index is -4.01. The number of ether oxygens (including phenoxy) is 2. The van der Waals surface area contributed by atoms with Gasteiger partial charge in [0.25, 0.3) is 10.0 Å². The standard InChI is InChI=1S/C28H35N7O9S2/c1-28(2,3)44-26(40)29-9-6-12-43-17-19-13-18-14-35(25(39)33-24(18)31-19)15-22(36)34(16-23(37)38)11-10-30-46(41,42)27-32-20-7-4-5-8-21(20)45-27/h4-5,7-8,13-14,30H,6,9-12,15-17H2,1-3H3,(H,29,40)(H,37,38)(H,31,33,39). The SMILES string of the molecule is CC(C)(C)OC(=O)NCCCOCc1cc2cn(CC(=O)N(CCNS(=O)(=O)c3nc4ccccc4s3)CC(=O)O)c(=O)nc2[nH]1. The minimum Gasteiger partial charge on any atom is -0.480 e. The molecule has 3 heterocycles. The third kappa shape index (κ3) is 9.80. The van der Waals surface area contributed by atoms with Crippen LogP contribution >= 0.6 is 11.3 Å². The molecule has 18 heteroatoms. The molecule has 16 nitrogen and oxygen atoms in total. The van der Waals surface area contributed by atoms with Gasteiger partial charge >= 0.3 is 17.8 Å². The van der Waals surface area contributed by atoms with Crippen molar-refractivity contribution in [2.24, 2.45) is 0 Å². The van der Waals surface area contributed by atoms with Gasteiger partial charge in [0.15, 0.2) is 0 Å². The maximum Gasteiger partial charge on any atom is 0.407 e. The fourth-order valence-corrected chi connectivity index (χ4v) is 6.47. The number of para-hydroxylation sites is 1. The van der Waals surface area contributed by atoms with Gasteiger partial charge in [0.05, 0.1) is 16.8 Å². The number of nitrogens with zero attached hydrogens (tertiary/aromatic N) is 4. The Morgan fingerprint density at radius 1 is 1.15 bits per heavy atom. The van der Waals surface area contributed by atoms with E-state index in [1.165, 1.54) is 6.20 Å². The fourth-order valence-electron chi connectivity index (χ4n) is 4.19. The molecule has 0 spiro atoms. The molecule has 0 aliphatic rings. The van der Waals surface area contributed by atoms with Crippen LogP contribution in [0.4, 0.5) is 4.79 Å². The van der Waals surface area contributed by atoms with Crippen LogP contribution in [0.5, 0.6) is 0 Å². The molecule has 0 fully saturated rings. The maximum atomic E-state index is 13.0. The van der Waals surface area contributed by atoms with Gasteiger partial charge in [-0.3, -0.25) is 14.2 Å². The molecule has 2 amide bonds. The highest BCUT2D eigenvalue weighted by atomic mass is 32.2. The molecule has 4 rings (SSSR count). The summed E-state index contributed by atoms with van der Waals surface area (Å²) < 4.78 is 40.2. The lowest BCUT2D eigenvalue weighted by atomic mass is 10.2. The van der Waals surface area contributed by atoms with Crippen LogP contribution in [-0.4, -0.2) is 94.3 Å². The summed E-state index contributed by atoms with van der Waals surface area (Å²) in [5, 5.41) is 12.5. The Morgan fingerprint density at radius 3 is 2.63 bits per heavy atom. The van der Waals surface area contributed by atoms with Crippen LogP contribution in [0, 0.1) is 0 Å². The van der Waals surface area contributed by atoms with Crippen molar-refractivity contribution in [3.63, 3.8) is 0 Å². The van der Waals surface area contributed by atoms with E-state index in [0.717, 1.165) is 20.8 Å². The van der Waals surface area contributed by atoms with Crippen molar-refractivity contribution in [1.82, 2.24) is 34.5 Å². The van der Waals surface area contributed by atoms with Crippen molar-refractivity contribution in [3.8, 4) is 0 Å². The number of carboxylic acids is 1. The number of aromatic nitrogens is 4. The van der Waals surface area contributed by atoms with Crippen LogP contribution < -0.4 is 15.7 Å². The molecule has 0 unspecified atom stereocenters. The molecule has 0 saturated heterocycles. The molecule has 4 aromatic rings. The summed E-state index contributed by atoms with van der Waals surface area (Å²) in [6, 6.07) is 8.63. The Morgan fingerprint density at radius 2 is 1.91 bits per heavy atom. The normalized spacial score (nSPS) is 12.0. The van der Waals surface area contributed by atoms with Crippen LogP contribution in [0.15, 0.2) is 45.7 Å². The molecule has 4 N–H and O–H groups in total. The number of fused-ring (bicyclic) bond motifs is 2. The van der Waals surface area contributed by atoms with E-state index < -0.39 is 52.4 Å². The lowest BCUT2D eigenvalue weighted by Crippen LogP contribution is -2.43. The molecule has 0 atom stereocenters. The average molecular weight is 678 g/mol. The van der Waals surface area contributed by atoms with Crippen LogP contribution in [-0.2, 0) is 42.2 Å². The zero-order chi connectivity index (χ0) is 33.5. The van der Waals surface area contributed by atoms with Gasteiger partial charge in [0.1, 0.15) is 24.3 Å². The summed E-state index contributed by atoms with van der Waals surface area (Å²) in [6.07, 6.45) is 1.45. The van der Waals surface area contributed by atoms with Crippen LogP contribution in [0.25, 0.3) is 21.3 Å². The third-order valence-electron chi connectivity index (χ3n) is 6.18. The Kier molecular flexibility index (Phi) is 11.1. The first-order valence-corrected chi connectivity index (χ1v) is 16.5. The van der Waals surface area contributed by atoms with Gasteiger partial charge in [0, 0.05) is 43.5 Å². The predicted molar refractivity (Wildman–Crippen MR) is 168 cm³/mol. The number of hydrogen-bond acceptors (Lipinski definition) is 11. The molecule has 248 valence electrons. The number of aliphatic carboxylic acids is 1. The van der Waals surface area contributed by atoms with E-state index in [9.17, 15) is 32.7 Å². The lowest BCUT2D eigenvalue weighted by molar-refractivity contribution is -0.144. The summed E-state index contributed by atoms with van der Waals surface area (Å²) in [4.78, 5) is 60.8. The van der Waals surface area contributed by atoms with Crippen LogP contribution in [0.1, 0.15) is 32.9 Å².